The van der Waals surface area contributed by atoms with E-state index in [0.717, 1.165) is 3.97 Å². The Balaban J connectivity index is 2.29. The van der Waals surface area contributed by atoms with E-state index in [-0.39, 0.29) is 10.9 Å². The summed E-state index contributed by atoms with van der Waals surface area (Å²) >= 11 is 0. The molecule has 9 heteroatoms. The Morgan fingerprint density at radius 2 is 1.77 bits per heavy atom. The third kappa shape index (κ3) is 3.16. The van der Waals surface area contributed by atoms with E-state index in [1.807, 2.05) is 0 Å². The SMILES string of the molecule is C/C(=N/N=C(N)N)c1cn(S(=O)(=O)c2ccccc2)c2ccc(F)cc12. The summed E-state index contributed by atoms with van der Waals surface area (Å²) in [6.07, 6.45) is 1.38. The van der Waals surface area contributed by atoms with Crippen LogP contribution in [-0.2, 0) is 10.0 Å². The number of guanidine groups is 1. The molecule has 134 valence electrons. The van der Waals surface area contributed by atoms with Gasteiger partial charge in [-0.3, -0.25) is 0 Å². The van der Waals surface area contributed by atoms with Crippen LogP contribution in [0.5, 0.6) is 0 Å². The number of nitrogens with two attached hydrogens (primary N) is 2. The van der Waals surface area contributed by atoms with Gasteiger partial charge in [0.25, 0.3) is 10.0 Å². The first-order valence-electron chi connectivity index (χ1n) is 7.55. The summed E-state index contributed by atoms with van der Waals surface area (Å²) in [6, 6.07) is 11.8. The average molecular weight is 373 g/mol. The van der Waals surface area contributed by atoms with Crippen molar-refractivity contribution in [3.63, 3.8) is 0 Å². The van der Waals surface area contributed by atoms with Crippen molar-refractivity contribution >= 4 is 32.6 Å². The zero-order valence-electron chi connectivity index (χ0n) is 13.8. The van der Waals surface area contributed by atoms with Gasteiger partial charge >= 0.3 is 0 Å². The van der Waals surface area contributed by atoms with Crippen LogP contribution in [0.1, 0.15) is 12.5 Å². The normalized spacial score (nSPS) is 12.3. The van der Waals surface area contributed by atoms with Gasteiger partial charge in [-0.25, -0.2) is 16.8 Å². The minimum absolute atomic E-state index is 0.117. The molecule has 1 aromatic heterocycles. The maximum Gasteiger partial charge on any atom is 0.268 e. The zero-order valence-corrected chi connectivity index (χ0v) is 14.6. The summed E-state index contributed by atoms with van der Waals surface area (Å²) in [5, 5.41) is 7.82. The van der Waals surface area contributed by atoms with E-state index in [0.29, 0.717) is 22.2 Å². The molecule has 26 heavy (non-hydrogen) atoms. The summed E-state index contributed by atoms with van der Waals surface area (Å²) < 4.78 is 40.8. The highest BCUT2D eigenvalue weighted by atomic mass is 32.2. The van der Waals surface area contributed by atoms with Crippen molar-refractivity contribution in [3.8, 4) is 0 Å². The predicted octanol–water partition coefficient (Wildman–Crippen LogP) is 2.01. The highest BCUT2D eigenvalue weighted by Crippen LogP contribution is 2.27. The molecule has 0 aliphatic rings. The quantitative estimate of drug-likeness (QED) is 0.413. The summed E-state index contributed by atoms with van der Waals surface area (Å²) in [5.74, 6) is -0.737. The zero-order chi connectivity index (χ0) is 18.9. The van der Waals surface area contributed by atoms with Crippen molar-refractivity contribution in [2.24, 2.45) is 21.7 Å². The topological polar surface area (TPSA) is 116 Å². The van der Waals surface area contributed by atoms with Gasteiger partial charge in [0, 0.05) is 17.1 Å². The van der Waals surface area contributed by atoms with E-state index in [1.165, 1.54) is 36.5 Å². The fourth-order valence-electron chi connectivity index (χ4n) is 2.55. The molecule has 0 atom stereocenters. The van der Waals surface area contributed by atoms with Crippen molar-refractivity contribution in [1.82, 2.24) is 3.97 Å². The van der Waals surface area contributed by atoms with Crippen LogP contribution >= 0.6 is 0 Å². The van der Waals surface area contributed by atoms with Crippen molar-refractivity contribution in [2.45, 2.75) is 11.8 Å². The predicted molar refractivity (Wildman–Crippen MR) is 98.9 cm³/mol. The van der Waals surface area contributed by atoms with Crippen LogP contribution in [0.3, 0.4) is 0 Å². The Labute approximate surface area is 149 Å². The first-order valence-corrected chi connectivity index (χ1v) is 8.99. The largest absolute Gasteiger partial charge is 0.369 e. The highest BCUT2D eigenvalue weighted by molar-refractivity contribution is 7.90. The maximum atomic E-state index is 13.8. The number of fused-ring (bicyclic) bond motifs is 1. The van der Waals surface area contributed by atoms with Gasteiger partial charge in [-0.05, 0) is 37.3 Å². The monoisotopic (exact) mass is 373 g/mol. The number of hydrogen-bond donors (Lipinski definition) is 2. The van der Waals surface area contributed by atoms with Gasteiger partial charge in [0.1, 0.15) is 5.82 Å². The first kappa shape index (κ1) is 17.6. The van der Waals surface area contributed by atoms with E-state index >= 15 is 0 Å². The molecule has 0 fully saturated rings. The molecule has 1 heterocycles. The lowest BCUT2D eigenvalue weighted by molar-refractivity contribution is 0.589. The van der Waals surface area contributed by atoms with Gasteiger partial charge in [-0.15, -0.1) is 5.10 Å². The second-order valence-electron chi connectivity index (χ2n) is 5.53. The van der Waals surface area contributed by atoms with Crippen LogP contribution in [0, 0.1) is 5.82 Å². The van der Waals surface area contributed by atoms with Crippen molar-refractivity contribution < 1.29 is 12.8 Å². The number of nitrogens with zero attached hydrogens (tertiary/aromatic N) is 3. The van der Waals surface area contributed by atoms with Crippen LogP contribution in [0.25, 0.3) is 10.9 Å². The number of aromatic nitrogens is 1. The summed E-state index contributed by atoms with van der Waals surface area (Å²) in [4.78, 5) is 0.117. The molecule has 0 saturated heterocycles. The van der Waals surface area contributed by atoms with Gasteiger partial charge in [0.15, 0.2) is 0 Å². The summed E-state index contributed by atoms with van der Waals surface area (Å²) in [7, 11) is -3.87. The second-order valence-corrected chi connectivity index (χ2v) is 7.34. The van der Waals surface area contributed by atoms with E-state index < -0.39 is 15.8 Å². The third-order valence-electron chi connectivity index (χ3n) is 3.74. The molecule has 0 unspecified atom stereocenters. The molecule has 0 radical (unpaired) electrons. The molecule has 0 bridgehead atoms. The minimum atomic E-state index is -3.87. The van der Waals surface area contributed by atoms with Crippen LogP contribution in [0.2, 0.25) is 0 Å². The third-order valence-corrected chi connectivity index (χ3v) is 5.43. The maximum absolute atomic E-state index is 13.8. The molecular weight excluding hydrogens is 357 g/mol. The lowest BCUT2D eigenvalue weighted by Crippen LogP contribution is -2.22. The Kier molecular flexibility index (Phi) is 4.47. The Morgan fingerprint density at radius 1 is 1.08 bits per heavy atom. The van der Waals surface area contributed by atoms with Gasteiger partial charge in [-0.1, -0.05) is 18.2 Å². The van der Waals surface area contributed by atoms with E-state index in [2.05, 4.69) is 10.2 Å². The summed E-state index contributed by atoms with van der Waals surface area (Å²) in [6.45, 7) is 1.60. The number of rotatable bonds is 4. The molecule has 7 nitrogen and oxygen atoms in total. The van der Waals surface area contributed by atoms with Gasteiger partial charge in [0.2, 0.25) is 5.96 Å². The van der Waals surface area contributed by atoms with Crippen molar-refractivity contribution in [3.05, 3.63) is 66.1 Å². The van der Waals surface area contributed by atoms with E-state index in [9.17, 15) is 12.8 Å². The van der Waals surface area contributed by atoms with Crippen molar-refractivity contribution in [2.75, 3.05) is 0 Å². The number of halogens is 1. The standard InChI is InChI=1S/C17H16FN5O2S/c1-11(21-22-17(19)20)15-10-23(16-8-7-12(18)9-14(15)16)26(24,25)13-5-3-2-4-6-13/h2-10H,1H3,(H4,19,20,22)/b21-11-. The van der Waals surface area contributed by atoms with Gasteiger partial charge in [-0.2, -0.15) is 5.10 Å². The van der Waals surface area contributed by atoms with Crippen LogP contribution in [-0.4, -0.2) is 24.1 Å². The molecule has 0 amide bonds. The van der Waals surface area contributed by atoms with Gasteiger partial charge < -0.3 is 11.5 Å². The molecule has 0 saturated carbocycles. The lowest BCUT2D eigenvalue weighted by Gasteiger charge is -2.07. The second kappa shape index (κ2) is 6.60. The molecule has 3 rings (SSSR count). The Morgan fingerprint density at radius 3 is 2.42 bits per heavy atom. The number of benzene rings is 2. The molecule has 4 N–H and O–H groups in total. The first-order chi connectivity index (χ1) is 12.3. The Bertz CT molecular complexity index is 1130. The molecular formula is C17H16FN5O2S. The smallest absolute Gasteiger partial charge is 0.268 e. The highest BCUT2D eigenvalue weighted by Gasteiger charge is 2.22. The lowest BCUT2D eigenvalue weighted by atomic mass is 10.1. The molecule has 0 aliphatic carbocycles. The fourth-order valence-corrected chi connectivity index (χ4v) is 3.94. The van der Waals surface area contributed by atoms with Crippen molar-refractivity contribution in [1.29, 1.82) is 0 Å². The average Bonchev–Trinajstić information content (AvgIpc) is 3.00. The summed E-state index contributed by atoms with van der Waals surface area (Å²) in [5.41, 5.74) is 11.6. The van der Waals surface area contributed by atoms with E-state index in [1.54, 1.807) is 25.1 Å². The van der Waals surface area contributed by atoms with Crippen LogP contribution in [0.4, 0.5) is 4.39 Å². The molecule has 2 aromatic carbocycles. The molecule has 0 spiro atoms. The number of hydrogen-bond acceptors (Lipinski definition) is 4. The van der Waals surface area contributed by atoms with Gasteiger partial charge in [0.05, 0.1) is 16.1 Å². The molecule has 3 aromatic rings. The van der Waals surface area contributed by atoms with Crippen LogP contribution in [0.15, 0.2) is 69.8 Å². The molecule has 0 aliphatic heterocycles. The van der Waals surface area contributed by atoms with Crippen LogP contribution < -0.4 is 11.5 Å². The fraction of sp³-hybridized carbons (Fsp3) is 0.0588. The van der Waals surface area contributed by atoms with E-state index in [4.69, 9.17) is 11.5 Å². The Hall–Kier alpha value is -3.20. The minimum Gasteiger partial charge on any atom is -0.369 e.